The van der Waals surface area contributed by atoms with E-state index in [0.29, 0.717) is 11.4 Å². The van der Waals surface area contributed by atoms with Crippen LogP contribution in [-0.4, -0.2) is 26.6 Å². The van der Waals surface area contributed by atoms with Crippen molar-refractivity contribution in [1.29, 1.82) is 0 Å². The number of carbonyl (C=O) groups is 1. The fourth-order valence-electron chi connectivity index (χ4n) is 2.52. The monoisotopic (exact) mass is 361 g/mol. The molecule has 2 N–H and O–H groups in total. The van der Waals surface area contributed by atoms with Gasteiger partial charge in [-0.2, -0.15) is 9.69 Å². The van der Waals surface area contributed by atoms with Crippen molar-refractivity contribution >= 4 is 29.1 Å². The van der Waals surface area contributed by atoms with Gasteiger partial charge in [0.2, 0.25) is 5.84 Å². The Labute approximate surface area is 153 Å². The molecule has 1 aromatic heterocycles. The van der Waals surface area contributed by atoms with E-state index in [2.05, 4.69) is 26.0 Å². The predicted octanol–water partition coefficient (Wildman–Crippen LogP) is 1.59. The molecule has 2 aromatic carbocycles. The quantitative estimate of drug-likeness (QED) is 0.734. The van der Waals surface area contributed by atoms with Gasteiger partial charge in [0.1, 0.15) is 5.69 Å². The van der Waals surface area contributed by atoms with Gasteiger partial charge in [0, 0.05) is 5.69 Å². The Morgan fingerprint density at radius 1 is 1.00 bits per heavy atom. The van der Waals surface area contributed by atoms with Crippen molar-refractivity contribution in [1.82, 2.24) is 14.9 Å². The number of hydrogen-bond acceptors (Lipinski definition) is 7. The fraction of sp³-hybridized carbons (Fsp3) is 0.0556. The third-order valence-electron chi connectivity index (χ3n) is 3.86. The Bertz CT molecular complexity index is 1080. The third-order valence-corrected chi connectivity index (χ3v) is 3.86. The summed E-state index contributed by atoms with van der Waals surface area (Å²) in [7, 11) is 0. The fourth-order valence-corrected chi connectivity index (χ4v) is 2.52. The SMILES string of the molecule is Cc1nnc2n(c1=O)NC(C(=O)Nc1ccccc1)=NN2c1ccccc1. The number of para-hydroxylation sites is 2. The Morgan fingerprint density at radius 2 is 1.67 bits per heavy atom. The lowest BCUT2D eigenvalue weighted by atomic mass is 10.3. The molecular weight excluding hydrogens is 346 g/mol. The average molecular weight is 361 g/mol. The van der Waals surface area contributed by atoms with E-state index in [1.165, 1.54) is 5.01 Å². The van der Waals surface area contributed by atoms with Gasteiger partial charge < -0.3 is 5.32 Å². The van der Waals surface area contributed by atoms with E-state index < -0.39 is 11.5 Å². The predicted molar refractivity (Wildman–Crippen MR) is 101 cm³/mol. The second kappa shape index (κ2) is 6.71. The molecule has 0 aliphatic carbocycles. The summed E-state index contributed by atoms with van der Waals surface area (Å²) in [6.45, 7) is 1.55. The van der Waals surface area contributed by atoms with Gasteiger partial charge >= 0.3 is 0 Å². The minimum Gasteiger partial charge on any atom is -0.319 e. The van der Waals surface area contributed by atoms with Gasteiger partial charge in [-0.05, 0) is 31.2 Å². The first-order chi connectivity index (χ1) is 13.1. The molecule has 4 rings (SSSR count). The zero-order valence-electron chi connectivity index (χ0n) is 14.3. The highest BCUT2D eigenvalue weighted by Crippen LogP contribution is 2.24. The van der Waals surface area contributed by atoms with Crippen molar-refractivity contribution in [3.05, 3.63) is 76.7 Å². The molecule has 0 saturated heterocycles. The summed E-state index contributed by atoms with van der Waals surface area (Å²) >= 11 is 0. The number of amides is 1. The molecule has 0 atom stereocenters. The van der Waals surface area contributed by atoms with Crippen molar-refractivity contribution in [2.45, 2.75) is 6.92 Å². The van der Waals surface area contributed by atoms with Crippen molar-refractivity contribution in [3.63, 3.8) is 0 Å². The molecule has 0 unspecified atom stereocenters. The summed E-state index contributed by atoms with van der Waals surface area (Å²) in [4.78, 5) is 25.2. The standard InChI is InChI=1S/C18H15N7O2/c1-12-17(27)25-18(21-20-12)24(14-10-6-3-7-11-14)22-15(23-25)16(26)19-13-8-4-2-5-9-13/h2-11H,1H3,(H,19,26)(H,22,23). The van der Waals surface area contributed by atoms with Crippen LogP contribution in [0.2, 0.25) is 0 Å². The first kappa shape index (κ1) is 16.5. The second-order valence-corrected chi connectivity index (χ2v) is 5.75. The van der Waals surface area contributed by atoms with E-state index in [-0.39, 0.29) is 17.5 Å². The highest BCUT2D eigenvalue weighted by Gasteiger charge is 2.27. The minimum absolute atomic E-state index is 0.0512. The summed E-state index contributed by atoms with van der Waals surface area (Å²) in [5.74, 6) is -0.382. The van der Waals surface area contributed by atoms with Gasteiger partial charge in [-0.25, -0.2) is 0 Å². The Balaban J connectivity index is 1.76. The molecule has 0 radical (unpaired) electrons. The van der Waals surface area contributed by atoms with Crippen molar-refractivity contribution in [2.75, 3.05) is 15.8 Å². The van der Waals surface area contributed by atoms with E-state index in [0.717, 1.165) is 4.68 Å². The molecule has 2 heterocycles. The third kappa shape index (κ3) is 3.13. The van der Waals surface area contributed by atoms with Gasteiger partial charge in [-0.3, -0.25) is 15.0 Å². The molecule has 1 aliphatic rings. The molecule has 134 valence electrons. The largest absolute Gasteiger partial charge is 0.319 e. The highest BCUT2D eigenvalue weighted by atomic mass is 16.2. The Morgan fingerprint density at radius 3 is 2.37 bits per heavy atom. The lowest BCUT2D eigenvalue weighted by molar-refractivity contribution is -0.110. The van der Waals surface area contributed by atoms with Crippen LogP contribution < -0.4 is 21.3 Å². The Hall–Kier alpha value is -4.01. The van der Waals surface area contributed by atoms with E-state index in [4.69, 9.17) is 0 Å². The smallest absolute Gasteiger partial charge is 0.295 e. The number of anilines is 3. The number of rotatable bonds is 3. The van der Waals surface area contributed by atoms with Gasteiger partial charge in [-0.15, -0.1) is 15.3 Å². The average Bonchev–Trinajstić information content (AvgIpc) is 2.71. The van der Waals surface area contributed by atoms with E-state index in [1.54, 1.807) is 43.3 Å². The molecule has 0 spiro atoms. The van der Waals surface area contributed by atoms with Crippen LogP contribution in [0.25, 0.3) is 0 Å². The number of nitrogens with one attached hydrogen (secondary N) is 2. The number of carbonyl (C=O) groups excluding carboxylic acids is 1. The van der Waals surface area contributed by atoms with Gasteiger partial charge in [0.25, 0.3) is 17.4 Å². The number of hydrogen-bond donors (Lipinski definition) is 2. The lowest BCUT2D eigenvalue weighted by Gasteiger charge is -2.27. The molecule has 1 aliphatic heterocycles. The number of benzene rings is 2. The van der Waals surface area contributed by atoms with Crippen LogP contribution in [-0.2, 0) is 4.79 Å². The van der Waals surface area contributed by atoms with Crippen LogP contribution in [0.5, 0.6) is 0 Å². The maximum absolute atomic E-state index is 12.7. The zero-order valence-corrected chi connectivity index (χ0v) is 14.3. The van der Waals surface area contributed by atoms with E-state index in [1.807, 2.05) is 24.3 Å². The second-order valence-electron chi connectivity index (χ2n) is 5.75. The van der Waals surface area contributed by atoms with Crippen molar-refractivity contribution in [2.24, 2.45) is 5.10 Å². The maximum Gasteiger partial charge on any atom is 0.295 e. The van der Waals surface area contributed by atoms with Crippen LogP contribution in [0, 0.1) is 6.92 Å². The van der Waals surface area contributed by atoms with Crippen LogP contribution in [0.15, 0.2) is 70.6 Å². The number of nitrogens with zero attached hydrogens (tertiary/aromatic N) is 5. The van der Waals surface area contributed by atoms with Crippen molar-refractivity contribution < 1.29 is 4.79 Å². The summed E-state index contributed by atoms with van der Waals surface area (Å²) < 4.78 is 1.15. The first-order valence-corrected chi connectivity index (χ1v) is 8.17. The van der Waals surface area contributed by atoms with Gasteiger partial charge in [0.15, 0.2) is 0 Å². The van der Waals surface area contributed by atoms with Crippen LogP contribution >= 0.6 is 0 Å². The normalized spacial score (nSPS) is 12.6. The van der Waals surface area contributed by atoms with Crippen LogP contribution in [0.4, 0.5) is 17.3 Å². The highest BCUT2D eigenvalue weighted by molar-refractivity contribution is 6.45. The van der Waals surface area contributed by atoms with E-state index in [9.17, 15) is 9.59 Å². The lowest BCUT2D eigenvalue weighted by Crippen LogP contribution is -2.47. The molecule has 3 aromatic rings. The number of aromatic nitrogens is 3. The summed E-state index contributed by atoms with van der Waals surface area (Å²) in [6.07, 6.45) is 0. The number of fused-ring (bicyclic) bond motifs is 1. The number of amidine groups is 1. The van der Waals surface area contributed by atoms with Gasteiger partial charge in [-0.1, -0.05) is 36.4 Å². The summed E-state index contributed by atoms with van der Waals surface area (Å²) in [5, 5.41) is 16.4. The molecule has 0 saturated carbocycles. The van der Waals surface area contributed by atoms with Crippen molar-refractivity contribution in [3.8, 4) is 0 Å². The first-order valence-electron chi connectivity index (χ1n) is 8.17. The summed E-state index contributed by atoms with van der Waals surface area (Å²) in [5.41, 5.74) is 3.75. The molecule has 27 heavy (non-hydrogen) atoms. The van der Waals surface area contributed by atoms with Crippen LogP contribution in [0.1, 0.15) is 5.69 Å². The molecule has 9 heteroatoms. The number of aryl methyl sites for hydroxylation is 1. The molecule has 9 nitrogen and oxygen atoms in total. The summed E-state index contributed by atoms with van der Waals surface area (Å²) in [6, 6.07) is 18.0. The van der Waals surface area contributed by atoms with Crippen LogP contribution in [0.3, 0.4) is 0 Å². The molecule has 1 amide bonds. The topological polar surface area (TPSA) is 105 Å². The van der Waals surface area contributed by atoms with Gasteiger partial charge in [0.05, 0.1) is 5.69 Å². The maximum atomic E-state index is 12.7. The minimum atomic E-state index is -0.492. The van der Waals surface area contributed by atoms with E-state index >= 15 is 0 Å². The number of hydrazone groups is 1. The molecule has 0 fully saturated rings. The molecular formula is C18H15N7O2. The zero-order chi connectivity index (χ0) is 18.8. The Kier molecular flexibility index (Phi) is 4.09. The molecule has 0 bridgehead atoms.